The Morgan fingerprint density at radius 2 is 1.65 bits per heavy atom. The Kier molecular flexibility index (Phi) is 5.78. The molecule has 26 heavy (non-hydrogen) atoms. The SMILES string of the molecule is CC(C)(C)OC(=O)N1CCN(c2ccc(NC(=O)C(C)(C)C)nc2)CC1. The van der Waals surface area contributed by atoms with Crippen molar-refractivity contribution >= 4 is 23.5 Å². The number of anilines is 2. The fourth-order valence-corrected chi connectivity index (χ4v) is 2.42. The van der Waals surface area contributed by atoms with Gasteiger partial charge in [-0.15, -0.1) is 0 Å². The highest BCUT2D eigenvalue weighted by Crippen LogP contribution is 2.20. The maximum absolute atomic E-state index is 12.1. The van der Waals surface area contributed by atoms with Gasteiger partial charge >= 0.3 is 6.09 Å². The summed E-state index contributed by atoms with van der Waals surface area (Å²) in [6.07, 6.45) is 1.48. The van der Waals surface area contributed by atoms with Crippen LogP contribution in [0.15, 0.2) is 18.3 Å². The number of pyridine rings is 1. The van der Waals surface area contributed by atoms with Gasteiger partial charge in [-0.25, -0.2) is 9.78 Å². The summed E-state index contributed by atoms with van der Waals surface area (Å²) in [7, 11) is 0. The predicted molar refractivity (Wildman–Crippen MR) is 102 cm³/mol. The van der Waals surface area contributed by atoms with Crippen molar-refractivity contribution in [3.8, 4) is 0 Å². The van der Waals surface area contributed by atoms with Gasteiger partial charge in [0.05, 0.1) is 11.9 Å². The van der Waals surface area contributed by atoms with E-state index in [0.717, 1.165) is 5.69 Å². The number of amides is 2. The van der Waals surface area contributed by atoms with E-state index in [2.05, 4.69) is 15.2 Å². The third-order valence-electron chi connectivity index (χ3n) is 3.97. The number of hydrogen-bond donors (Lipinski definition) is 1. The number of ether oxygens (including phenoxy) is 1. The fourth-order valence-electron chi connectivity index (χ4n) is 2.42. The zero-order valence-corrected chi connectivity index (χ0v) is 16.6. The molecule has 0 spiro atoms. The van der Waals surface area contributed by atoms with Gasteiger partial charge in [-0.1, -0.05) is 20.8 Å². The molecule has 0 radical (unpaired) electrons. The van der Waals surface area contributed by atoms with E-state index in [1.54, 1.807) is 17.2 Å². The van der Waals surface area contributed by atoms with Gasteiger partial charge in [0.2, 0.25) is 5.91 Å². The quantitative estimate of drug-likeness (QED) is 0.875. The lowest BCUT2D eigenvalue weighted by atomic mass is 9.96. The lowest BCUT2D eigenvalue weighted by molar-refractivity contribution is -0.123. The smallest absolute Gasteiger partial charge is 0.410 e. The Hall–Kier alpha value is -2.31. The molecule has 1 N–H and O–H groups in total. The second-order valence-electron chi connectivity index (χ2n) is 8.56. The minimum absolute atomic E-state index is 0.0660. The average Bonchev–Trinajstić information content (AvgIpc) is 2.53. The molecule has 1 aromatic heterocycles. The van der Waals surface area contributed by atoms with Crippen molar-refractivity contribution in [3.05, 3.63) is 18.3 Å². The molecule has 0 unspecified atom stereocenters. The summed E-state index contributed by atoms with van der Waals surface area (Å²) in [4.78, 5) is 32.4. The first-order valence-corrected chi connectivity index (χ1v) is 8.96. The van der Waals surface area contributed by atoms with Crippen LogP contribution in [0.3, 0.4) is 0 Å². The van der Waals surface area contributed by atoms with Crippen LogP contribution in [-0.4, -0.2) is 53.7 Å². The fraction of sp³-hybridized carbons (Fsp3) is 0.632. The number of hydrogen-bond acceptors (Lipinski definition) is 5. The molecule has 2 rings (SSSR count). The van der Waals surface area contributed by atoms with Crippen LogP contribution in [-0.2, 0) is 9.53 Å². The molecule has 1 aliphatic rings. The number of aromatic nitrogens is 1. The van der Waals surface area contributed by atoms with Crippen molar-refractivity contribution in [2.24, 2.45) is 5.41 Å². The van der Waals surface area contributed by atoms with Crippen LogP contribution in [0.1, 0.15) is 41.5 Å². The average molecular weight is 362 g/mol. The minimum atomic E-state index is -0.481. The predicted octanol–water partition coefficient (Wildman–Crippen LogP) is 3.12. The van der Waals surface area contributed by atoms with Gasteiger partial charge in [-0.2, -0.15) is 0 Å². The van der Waals surface area contributed by atoms with Crippen LogP contribution in [0.25, 0.3) is 0 Å². The van der Waals surface area contributed by atoms with Gasteiger partial charge < -0.3 is 19.9 Å². The number of carbonyl (C=O) groups is 2. The zero-order chi connectivity index (χ0) is 19.5. The molecule has 1 fully saturated rings. The van der Waals surface area contributed by atoms with E-state index in [1.165, 1.54) is 0 Å². The van der Waals surface area contributed by atoms with Gasteiger partial charge in [0.1, 0.15) is 11.4 Å². The lowest BCUT2D eigenvalue weighted by Crippen LogP contribution is -2.50. The highest BCUT2D eigenvalue weighted by atomic mass is 16.6. The molecule has 1 saturated heterocycles. The van der Waals surface area contributed by atoms with E-state index < -0.39 is 11.0 Å². The topological polar surface area (TPSA) is 74.8 Å². The second kappa shape index (κ2) is 7.51. The van der Waals surface area contributed by atoms with Gasteiger partial charge in [0.15, 0.2) is 0 Å². The van der Waals surface area contributed by atoms with Crippen LogP contribution in [0.4, 0.5) is 16.3 Å². The molecule has 1 aliphatic heterocycles. The summed E-state index contributed by atoms with van der Waals surface area (Å²) in [6, 6.07) is 3.74. The summed E-state index contributed by atoms with van der Waals surface area (Å²) < 4.78 is 5.41. The molecule has 7 heteroatoms. The number of nitrogens with one attached hydrogen (secondary N) is 1. The summed E-state index contributed by atoms with van der Waals surface area (Å²) in [6.45, 7) is 13.8. The van der Waals surface area contributed by atoms with Crippen molar-refractivity contribution in [1.82, 2.24) is 9.88 Å². The molecule has 144 valence electrons. The molecule has 1 aromatic rings. The summed E-state index contributed by atoms with van der Waals surface area (Å²) in [5.41, 5.74) is 0.0340. The highest BCUT2D eigenvalue weighted by Gasteiger charge is 2.26. The van der Waals surface area contributed by atoms with Crippen LogP contribution in [0.5, 0.6) is 0 Å². The van der Waals surface area contributed by atoms with E-state index in [1.807, 2.05) is 47.6 Å². The number of nitrogens with zero attached hydrogens (tertiary/aromatic N) is 3. The third kappa shape index (κ3) is 5.61. The summed E-state index contributed by atoms with van der Waals surface area (Å²) >= 11 is 0. The Labute approximate surface area is 155 Å². The van der Waals surface area contributed by atoms with Gasteiger partial charge in [-0.05, 0) is 32.9 Å². The number of rotatable bonds is 2. The van der Waals surface area contributed by atoms with Gasteiger partial charge in [-0.3, -0.25) is 4.79 Å². The molecule has 7 nitrogen and oxygen atoms in total. The monoisotopic (exact) mass is 362 g/mol. The molecular weight excluding hydrogens is 332 g/mol. The Bertz CT molecular complexity index is 636. The second-order valence-corrected chi connectivity index (χ2v) is 8.56. The van der Waals surface area contributed by atoms with E-state index in [0.29, 0.717) is 32.0 Å². The van der Waals surface area contributed by atoms with Gasteiger partial charge in [0.25, 0.3) is 0 Å². The normalized spacial score (nSPS) is 15.6. The maximum atomic E-state index is 12.1. The molecular formula is C19H30N4O3. The molecule has 0 saturated carbocycles. The van der Waals surface area contributed by atoms with E-state index in [9.17, 15) is 9.59 Å². The van der Waals surface area contributed by atoms with Crippen LogP contribution in [0, 0.1) is 5.41 Å². The Morgan fingerprint density at radius 3 is 2.12 bits per heavy atom. The standard InChI is InChI=1S/C19H30N4O3/c1-18(2,3)16(24)21-15-8-7-14(13-20-15)22-9-11-23(12-10-22)17(25)26-19(4,5)6/h7-8,13H,9-12H2,1-6H3,(H,20,21,24). The first-order valence-electron chi connectivity index (χ1n) is 8.96. The summed E-state index contributed by atoms with van der Waals surface area (Å²) in [5, 5.41) is 2.82. The van der Waals surface area contributed by atoms with Crippen molar-refractivity contribution in [1.29, 1.82) is 0 Å². The lowest BCUT2D eigenvalue weighted by Gasteiger charge is -2.36. The molecule has 0 bridgehead atoms. The van der Waals surface area contributed by atoms with E-state index in [-0.39, 0.29) is 12.0 Å². The highest BCUT2D eigenvalue weighted by molar-refractivity contribution is 5.93. The van der Waals surface area contributed by atoms with E-state index >= 15 is 0 Å². The van der Waals surface area contributed by atoms with Crippen molar-refractivity contribution in [2.45, 2.75) is 47.1 Å². The first-order chi connectivity index (χ1) is 12.0. The molecule has 0 atom stereocenters. The maximum Gasteiger partial charge on any atom is 0.410 e. The zero-order valence-electron chi connectivity index (χ0n) is 16.6. The summed E-state index contributed by atoms with van der Waals surface area (Å²) in [5.74, 6) is 0.477. The van der Waals surface area contributed by atoms with Crippen molar-refractivity contribution < 1.29 is 14.3 Å². The van der Waals surface area contributed by atoms with Crippen LogP contribution in [0.2, 0.25) is 0 Å². The molecule has 0 aliphatic carbocycles. The minimum Gasteiger partial charge on any atom is -0.444 e. The third-order valence-corrected chi connectivity index (χ3v) is 3.97. The molecule has 2 amide bonds. The Balaban J connectivity index is 1.90. The Morgan fingerprint density at radius 1 is 1.04 bits per heavy atom. The molecule has 0 aromatic carbocycles. The van der Waals surface area contributed by atoms with Crippen molar-refractivity contribution in [3.63, 3.8) is 0 Å². The first kappa shape index (κ1) is 20.0. The van der Waals surface area contributed by atoms with Gasteiger partial charge in [0, 0.05) is 31.6 Å². The van der Waals surface area contributed by atoms with Crippen molar-refractivity contribution in [2.75, 3.05) is 36.4 Å². The largest absolute Gasteiger partial charge is 0.444 e. The van der Waals surface area contributed by atoms with Crippen LogP contribution >= 0.6 is 0 Å². The molecule has 2 heterocycles. The number of carbonyl (C=O) groups excluding carboxylic acids is 2. The number of piperazine rings is 1. The van der Waals surface area contributed by atoms with E-state index in [4.69, 9.17) is 4.74 Å². The van der Waals surface area contributed by atoms with Crippen LogP contribution < -0.4 is 10.2 Å².